The molecule has 2 atom stereocenters. The molecule has 0 unspecified atom stereocenters. The fraction of sp³-hybridized carbons (Fsp3) is 0.391. The molecule has 162 valence electrons. The van der Waals surface area contributed by atoms with Gasteiger partial charge in [0.2, 0.25) is 11.8 Å². The molecule has 0 aliphatic rings. The second kappa shape index (κ2) is 12.2. The second-order valence-electron chi connectivity index (χ2n) is 7.18. The highest BCUT2D eigenvalue weighted by molar-refractivity contribution is 7.99. The third-order valence-electron chi connectivity index (χ3n) is 4.83. The van der Waals surface area contributed by atoms with Gasteiger partial charge in [-0.05, 0) is 50.1 Å². The molecule has 30 heavy (non-hydrogen) atoms. The van der Waals surface area contributed by atoms with Crippen LogP contribution in [0.2, 0.25) is 10.0 Å². The van der Waals surface area contributed by atoms with Crippen LogP contribution < -0.4 is 5.32 Å². The summed E-state index contributed by atoms with van der Waals surface area (Å²) in [4.78, 5) is 28.5. The Morgan fingerprint density at radius 2 is 1.77 bits per heavy atom. The number of rotatable bonds is 10. The molecular weight excluding hydrogens is 439 g/mol. The number of benzene rings is 2. The molecule has 0 aliphatic heterocycles. The van der Waals surface area contributed by atoms with E-state index in [2.05, 4.69) is 5.32 Å². The van der Waals surface area contributed by atoms with Gasteiger partial charge in [-0.2, -0.15) is 0 Å². The average Bonchev–Trinajstić information content (AvgIpc) is 2.74. The molecule has 0 radical (unpaired) electrons. The third-order valence-corrected chi connectivity index (χ3v) is 6.59. The monoisotopic (exact) mass is 466 g/mol. The predicted molar refractivity (Wildman–Crippen MR) is 126 cm³/mol. The number of nitrogens with zero attached hydrogens (tertiary/aromatic N) is 1. The largest absolute Gasteiger partial charge is 0.352 e. The molecule has 0 fully saturated rings. The van der Waals surface area contributed by atoms with Crippen LogP contribution in [0.5, 0.6) is 0 Å². The smallest absolute Gasteiger partial charge is 0.242 e. The lowest BCUT2D eigenvalue weighted by Gasteiger charge is -2.30. The van der Waals surface area contributed by atoms with E-state index in [0.717, 1.165) is 16.9 Å². The summed E-state index contributed by atoms with van der Waals surface area (Å²) in [6.07, 6.45) is 1.16. The number of carbonyl (C=O) groups excluding carboxylic acids is 2. The van der Waals surface area contributed by atoms with E-state index >= 15 is 0 Å². The van der Waals surface area contributed by atoms with E-state index in [9.17, 15) is 9.59 Å². The number of hydrogen-bond acceptors (Lipinski definition) is 3. The standard InChI is InChI=1S/C23H28Cl2N2O2S/c1-4-16(2)26-23(29)17(3)27(15-18-10-11-20(24)21(25)14-18)22(28)12-13-30-19-8-6-5-7-9-19/h5-11,14,16-17H,4,12-13,15H2,1-3H3,(H,26,29)/t16-,17+/m0/s1. The van der Waals surface area contributed by atoms with Gasteiger partial charge in [-0.25, -0.2) is 0 Å². The van der Waals surface area contributed by atoms with Crippen molar-refractivity contribution in [1.82, 2.24) is 10.2 Å². The highest BCUT2D eigenvalue weighted by Gasteiger charge is 2.26. The molecule has 4 nitrogen and oxygen atoms in total. The molecule has 2 rings (SSSR count). The van der Waals surface area contributed by atoms with Gasteiger partial charge in [-0.3, -0.25) is 9.59 Å². The van der Waals surface area contributed by atoms with Crippen molar-refractivity contribution in [3.8, 4) is 0 Å². The Labute approximate surface area is 193 Å². The number of carbonyl (C=O) groups is 2. The minimum atomic E-state index is -0.595. The van der Waals surface area contributed by atoms with Crippen LogP contribution in [0.1, 0.15) is 39.2 Å². The van der Waals surface area contributed by atoms with Gasteiger partial charge in [0.1, 0.15) is 6.04 Å². The molecule has 0 aromatic heterocycles. The Morgan fingerprint density at radius 1 is 1.07 bits per heavy atom. The summed E-state index contributed by atoms with van der Waals surface area (Å²) < 4.78 is 0. The van der Waals surface area contributed by atoms with E-state index in [4.69, 9.17) is 23.2 Å². The number of halogens is 2. The van der Waals surface area contributed by atoms with Crippen LogP contribution in [-0.4, -0.2) is 34.6 Å². The summed E-state index contributed by atoms with van der Waals surface area (Å²) in [7, 11) is 0. The topological polar surface area (TPSA) is 49.4 Å². The molecule has 0 spiro atoms. The summed E-state index contributed by atoms with van der Waals surface area (Å²) in [6, 6.07) is 14.7. The predicted octanol–water partition coefficient (Wildman–Crippen LogP) is 5.81. The molecule has 2 aromatic rings. The van der Waals surface area contributed by atoms with E-state index in [1.807, 2.05) is 50.2 Å². The summed E-state index contributed by atoms with van der Waals surface area (Å²) in [5.74, 6) is 0.408. The molecular formula is C23H28Cl2N2O2S. The fourth-order valence-electron chi connectivity index (χ4n) is 2.80. The average molecular weight is 467 g/mol. The lowest BCUT2D eigenvalue weighted by Crippen LogP contribution is -2.49. The molecule has 0 aliphatic carbocycles. The third kappa shape index (κ3) is 7.53. The van der Waals surface area contributed by atoms with Crippen LogP contribution in [0.4, 0.5) is 0 Å². The summed E-state index contributed by atoms with van der Waals surface area (Å²) in [6.45, 7) is 6.01. The van der Waals surface area contributed by atoms with Crippen molar-refractivity contribution in [1.29, 1.82) is 0 Å². The Hall–Kier alpha value is -1.69. The lowest BCUT2D eigenvalue weighted by atomic mass is 10.1. The molecule has 0 heterocycles. The Bertz CT molecular complexity index is 848. The van der Waals surface area contributed by atoms with E-state index in [-0.39, 0.29) is 17.9 Å². The normalized spacial score (nSPS) is 12.8. The van der Waals surface area contributed by atoms with E-state index in [1.54, 1.807) is 35.7 Å². The molecule has 1 N–H and O–H groups in total. The van der Waals surface area contributed by atoms with E-state index < -0.39 is 6.04 Å². The van der Waals surface area contributed by atoms with Crippen molar-refractivity contribution in [3.05, 3.63) is 64.1 Å². The molecule has 7 heteroatoms. The van der Waals surface area contributed by atoms with Gasteiger partial charge < -0.3 is 10.2 Å². The van der Waals surface area contributed by atoms with Crippen LogP contribution in [0.15, 0.2) is 53.4 Å². The number of nitrogens with one attached hydrogen (secondary N) is 1. The zero-order valence-corrected chi connectivity index (χ0v) is 19.9. The summed E-state index contributed by atoms with van der Waals surface area (Å²) >= 11 is 13.8. The SMILES string of the molecule is CC[C@H](C)NC(=O)[C@@H](C)N(Cc1ccc(Cl)c(Cl)c1)C(=O)CCSc1ccccc1. The van der Waals surface area contributed by atoms with E-state index in [1.165, 1.54) is 0 Å². The fourth-order valence-corrected chi connectivity index (χ4v) is 3.98. The van der Waals surface area contributed by atoms with Crippen molar-refractivity contribution >= 4 is 46.8 Å². The molecule has 2 aromatic carbocycles. The maximum Gasteiger partial charge on any atom is 0.242 e. The zero-order valence-electron chi connectivity index (χ0n) is 17.5. The first-order valence-electron chi connectivity index (χ1n) is 10.0. The molecule has 0 saturated heterocycles. The van der Waals surface area contributed by atoms with Crippen LogP contribution in [-0.2, 0) is 16.1 Å². The molecule has 0 bridgehead atoms. The number of amides is 2. The second-order valence-corrected chi connectivity index (χ2v) is 9.16. The van der Waals surface area contributed by atoms with Crippen LogP contribution in [0.25, 0.3) is 0 Å². The first-order chi connectivity index (χ1) is 14.3. The maximum absolute atomic E-state index is 13.1. The molecule has 0 saturated carbocycles. The Balaban J connectivity index is 2.10. The van der Waals surface area contributed by atoms with Crippen molar-refractivity contribution in [2.24, 2.45) is 0 Å². The maximum atomic E-state index is 13.1. The van der Waals surface area contributed by atoms with Gasteiger partial charge in [0.15, 0.2) is 0 Å². The minimum absolute atomic E-state index is 0.0514. The number of thioether (sulfide) groups is 1. The van der Waals surface area contributed by atoms with Crippen LogP contribution in [0, 0.1) is 0 Å². The van der Waals surface area contributed by atoms with Crippen LogP contribution in [0.3, 0.4) is 0 Å². The van der Waals surface area contributed by atoms with Crippen molar-refractivity contribution in [2.45, 2.75) is 57.1 Å². The Morgan fingerprint density at radius 3 is 2.40 bits per heavy atom. The van der Waals surface area contributed by atoms with Gasteiger partial charge in [-0.15, -0.1) is 11.8 Å². The molecule has 2 amide bonds. The summed E-state index contributed by atoms with van der Waals surface area (Å²) in [5, 5.41) is 3.85. The van der Waals surface area contributed by atoms with Gasteiger partial charge in [0.05, 0.1) is 10.0 Å². The summed E-state index contributed by atoms with van der Waals surface area (Å²) in [5.41, 5.74) is 0.830. The van der Waals surface area contributed by atoms with Crippen molar-refractivity contribution < 1.29 is 9.59 Å². The Kier molecular flexibility index (Phi) is 10.0. The zero-order chi connectivity index (χ0) is 22.1. The highest BCUT2D eigenvalue weighted by Crippen LogP contribution is 2.24. The van der Waals surface area contributed by atoms with E-state index in [0.29, 0.717) is 28.8 Å². The number of hydrogen-bond donors (Lipinski definition) is 1. The van der Waals surface area contributed by atoms with Crippen molar-refractivity contribution in [3.63, 3.8) is 0 Å². The van der Waals surface area contributed by atoms with Crippen LogP contribution >= 0.6 is 35.0 Å². The van der Waals surface area contributed by atoms with Gasteiger partial charge >= 0.3 is 0 Å². The highest BCUT2D eigenvalue weighted by atomic mass is 35.5. The lowest BCUT2D eigenvalue weighted by molar-refractivity contribution is -0.140. The minimum Gasteiger partial charge on any atom is -0.352 e. The van der Waals surface area contributed by atoms with Gasteiger partial charge in [-0.1, -0.05) is 54.4 Å². The van der Waals surface area contributed by atoms with Crippen molar-refractivity contribution in [2.75, 3.05) is 5.75 Å². The van der Waals surface area contributed by atoms with Gasteiger partial charge in [0.25, 0.3) is 0 Å². The first kappa shape index (κ1) is 24.6. The quantitative estimate of drug-likeness (QED) is 0.449. The first-order valence-corrected chi connectivity index (χ1v) is 11.8. The van der Waals surface area contributed by atoms with Gasteiger partial charge in [0, 0.05) is 29.7 Å².